The zero-order valence-corrected chi connectivity index (χ0v) is 12.5. The zero-order valence-electron chi connectivity index (χ0n) is 11.0. The largest absolute Gasteiger partial charge is 0.502 e. The smallest absolute Gasteiger partial charge is 0.235 e. The summed E-state index contributed by atoms with van der Waals surface area (Å²) >= 11 is 12.0. The summed E-state index contributed by atoms with van der Waals surface area (Å²) in [6.07, 6.45) is 0. The third-order valence-electron chi connectivity index (χ3n) is 3.20. The Bertz CT molecular complexity index is 913. The molecule has 0 aliphatic rings. The number of halogens is 2. The van der Waals surface area contributed by atoms with E-state index in [0.717, 1.165) is 5.56 Å². The fourth-order valence-electron chi connectivity index (χ4n) is 2.16. The van der Waals surface area contributed by atoms with Crippen LogP contribution in [-0.2, 0) is 0 Å². The van der Waals surface area contributed by atoms with Crippen molar-refractivity contribution in [3.63, 3.8) is 0 Å². The van der Waals surface area contributed by atoms with Crippen LogP contribution in [0.1, 0.15) is 5.56 Å². The molecule has 0 bridgehead atoms. The van der Waals surface area contributed by atoms with Crippen molar-refractivity contribution in [1.82, 2.24) is 0 Å². The lowest BCUT2D eigenvalue weighted by Crippen LogP contribution is -2.03. The van der Waals surface area contributed by atoms with Gasteiger partial charge in [-0.1, -0.05) is 34.8 Å². The Morgan fingerprint density at radius 1 is 1.10 bits per heavy atom. The summed E-state index contributed by atoms with van der Waals surface area (Å²) < 4.78 is 5.66. The van der Waals surface area contributed by atoms with Gasteiger partial charge < -0.3 is 9.52 Å². The van der Waals surface area contributed by atoms with Crippen LogP contribution in [-0.4, -0.2) is 5.11 Å². The summed E-state index contributed by atoms with van der Waals surface area (Å²) in [6, 6.07) is 9.93. The molecular weight excluding hydrogens is 311 g/mol. The predicted octanol–water partition coefficient (Wildman–Crippen LogP) is 4.78. The lowest BCUT2D eigenvalue weighted by molar-refractivity contribution is 0.449. The van der Waals surface area contributed by atoms with Gasteiger partial charge in [0.2, 0.25) is 11.2 Å². The van der Waals surface area contributed by atoms with Crippen LogP contribution in [0, 0.1) is 6.92 Å². The summed E-state index contributed by atoms with van der Waals surface area (Å²) in [5.41, 5.74) is 1.23. The van der Waals surface area contributed by atoms with E-state index in [1.165, 1.54) is 6.07 Å². The van der Waals surface area contributed by atoms with Gasteiger partial charge in [-0.3, -0.25) is 4.79 Å². The highest BCUT2D eigenvalue weighted by Crippen LogP contribution is 2.35. The molecule has 0 saturated heterocycles. The lowest BCUT2D eigenvalue weighted by atomic mass is 10.1. The molecule has 0 aliphatic carbocycles. The van der Waals surface area contributed by atoms with Gasteiger partial charge in [0.15, 0.2) is 5.76 Å². The molecule has 2 aromatic carbocycles. The van der Waals surface area contributed by atoms with E-state index in [2.05, 4.69) is 0 Å². The molecule has 5 heteroatoms. The van der Waals surface area contributed by atoms with E-state index in [9.17, 15) is 9.90 Å². The van der Waals surface area contributed by atoms with E-state index in [1.54, 1.807) is 24.3 Å². The van der Waals surface area contributed by atoms with Crippen LogP contribution in [0.4, 0.5) is 0 Å². The minimum atomic E-state index is -0.485. The molecular formula is C16H10Cl2O3. The molecule has 0 spiro atoms. The number of rotatable bonds is 1. The van der Waals surface area contributed by atoms with Crippen LogP contribution in [0.25, 0.3) is 22.3 Å². The van der Waals surface area contributed by atoms with Crippen molar-refractivity contribution in [3.05, 3.63) is 62.2 Å². The number of aromatic hydroxyl groups is 1. The number of aryl methyl sites for hydroxylation is 1. The summed E-state index contributed by atoms with van der Waals surface area (Å²) in [5.74, 6) is -0.421. The van der Waals surface area contributed by atoms with Crippen molar-refractivity contribution in [2.75, 3.05) is 0 Å². The Morgan fingerprint density at radius 3 is 2.57 bits per heavy atom. The summed E-state index contributed by atoms with van der Waals surface area (Å²) in [6.45, 7) is 1.86. The molecule has 3 nitrogen and oxygen atoms in total. The number of hydrogen-bond acceptors (Lipinski definition) is 3. The SMILES string of the molecule is Cc1ccc2oc(-c3ccc(Cl)cc3Cl)c(O)c(=O)c2c1. The average Bonchev–Trinajstić information content (AvgIpc) is 2.44. The Balaban J connectivity index is 2.36. The summed E-state index contributed by atoms with van der Waals surface area (Å²) in [5, 5.41) is 11.2. The molecule has 0 saturated carbocycles. The molecule has 3 aromatic rings. The number of fused-ring (bicyclic) bond motifs is 1. The van der Waals surface area contributed by atoms with E-state index in [-0.39, 0.29) is 5.76 Å². The second kappa shape index (κ2) is 5.10. The van der Waals surface area contributed by atoms with Crippen molar-refractivity contribution in [2.24, 2.45) is 0 Å². The van der Waals surface area contributed by atoms with E-state index in [1.807, 2.05) is 13.0 Å². The van der Waals surface area contributed by atoms with Crippen molar-refractivity contribution in [3.8, 4) is 17.1 Å². The Morgan fingerprint density at radius 2 is 1.86 bits per heavy atom. The third kappa shape index (κ3) is 2.39. The van der Waals surface area contributed by atoms with Crippen molar-refractivity contribution >= 4 is 34.2 Å². The predicted molar refractivity (Wildman–Crippen MR) is 84.3 cm³/mol. The molecule has 1 N–H and O–H groups in total. The van der Waals surface area contributed by atoms with E-state index in [0.29, 0.717) is 26.6 Å². The summed E-state index contributed by atoms with van der Waals surface area (Å²) in [7, 11) is 0. The molecule has 1 aromatic heterocycles. The molecule has 0 aliphatic heterocycles. The minimum absolute atomic E-state index is 0.0398. The van der Waals surface area contributed by atoms with Gasteiger partial charge in [-0.2, -0.15) is 0 Å². The van der Waals surface area contributed by atoms with Gasteiger partial charge in [0, 0.05) is 10.6 Å². The highest BCUT2D eigenvalue weighted by molar-refractivity contribution is 6.36. The average molecular weight is 321 g/mol. The Hall–Kier alpha value is -1.97. The third-order valence-corrected chi connectivity index (χ3v) is 3.75. The second-order valence-electron chi connectivity index (χ2n) is 4.73. The van der Waals surface area contributed by atoms with Crippen molar-refractivity contribution in [1.29, 1.82) is 0 Å². The normalized spacial score (nSPS) is 11.0. The molecule has 21 heavy (non-hydrogen) atoms. The van der Waals surface area contributed by atoms with Gasteiger partial charge in [0.25, 0.3) is 0 Å². The Labute approximate surface area is 130 Å². The van der Waals surface area contributed by atoms with Crippen LogP contribution >= 0.6 is 23.2 Å². The molecule has 0 radical (unpaired) electrons. The van der Waals surface area contributed by atoms with Crippen LogP contribution < -0.4 is 5.43 Å². The van der Waals surface area contributed by atoms with Gasteiger partial charge in [-0.15, -0.1) is 0 Å². The molecule has 106 valence electrons. The van der Waals surface area contributed by atoms with E-state index >= 15 is 0 Å². The first-order chi connectivity index (χ1) is 9.97. The van der Waals surface area contributed by atoms with Gasteiger partial charge >= 0.3 is 0 Å². The maximum atomic E-state index is 12.3. The fourth-order valence-corrected chi connectivity index (χ4v) is 2.65. The Kier molecular flexibility index (Phi) is 3.40. The first-order valence-corrected chi connectivity index (χ1v) is 6.95. The highest BCUT2D eigenvalue weighted by Gasteiger charge is 2.17. The number of benzene rings is 2. The monoisotopic (exact) mass is 320 g/mol. The molecule has 0 atom stereocenters. The highest BCUT2D eigenvalue weighted by atomic mass is 35.5. The van der Waals surface area contributed by atoms with Gasteiger partial charge in [-0.05, 0) is 37.3 Å². The van der Waals surface area contributed by atoms with Crippen LogP contribution in [0.5, 0.6) is 5.75 Å². The van der Waals surface area contributed by atoms with Gasteiger partial charge in [0.05, 0.1) is 10.4 Å². The zero-order chi connectivity index (χ0) is 15.1. The molecule has 0 amide bonds. The van der Waals surface area contributed by atoms with Crippen LogP contribution in [0.3, 0.4) is 0 Å². The van der Waals surface area contributed by atoms with Crippen molar-refractivity contribution in [2.45, 2.75) is 6.92 Å². The van der Waals surface area contributed by atoms with E-state index < -0.39 is 11.2 Å². The minimum Gasteiger partial charge on any atom is -0.502 e. The topological polar surface area (TPSA) is 50.4 Å². The van der Waals surface area contributed by atoms with Gasteiger partial charge in [0.1, 0.15) is 5.58 Å². The second-order valence-corrected chi connectivity index (χ2v) is 5.58. The van der Waals surface area contributed by atoms with E-state index in [4.69, 9.17) is 27.6 Å². The standard InChI is InChI=1S/C16H10Cl2O3/c1-8-2-5-13-11(6-8)14(19)15(20)16(21-13)10-4-3-9(17)7-12(10)18/h2-7,20H,1H3. The number of hydrogen-bond donors (Lipinski definition) is 1. The van der Waals surface area contributed by atoms with Crippen LogP contribution in [0.2, 0.25) is 10.0 Å². The maximum absolute atomic E-state index is 12.3. The maximum Gasteiger partial charge on any atom is 0.235 e. The molecule has 0 fully saturated rings. The van der Waals surface area contributed by atoms with Crippen LogP contribution in [0.15, 0.2) is 45.6 Å². The fraction of sp³-hybridized carbons (Fsp3) is 0.0625. The quantitative estimate of drug-likeness (QED) is 0.701. The molecule has 1 heterocycles. The van der Waals surface area contributed by atoms with Gasteiger partial charge in [-0.25, -0.2) is 0 Å². The summed E-state index contributed by atoms with van der Waals surface area (Å²) in [4.78, 5) is 12.3. The first kappa shape index (κ1) is 14.0. The molecule has 3 rings (SSSR count). The molecule has 0 unspecified atom stereocenters. The van der Waals surface area contributed by atoms with Crippen molar-refractivity contribution < 1.29 is 9.52 Å². The first-order valence-electron chi connectivity index (χ1n) is 6.19. The lowest BCUT2D eigenvalue weighted by Gasteiger charge is -2.08.